The molecular weight excluding hydrogens is 413 g/mol. The number of nitrogens with one attached hydrogen (secondary N) is 1. The number of carbonyl (C=O) groups excluding carboxylic acids is 1. The number of halogens is 3. The fourth-order valence-electron chi connectivity index (χ4n) is 3.01. The van der Waals surface area contributed by atoms with Gasteiger partial charge in [-0.15, -0.1) is 13.2 Å². The summed E-state index contributed by atoms with van der Waals surface area (Å²) in [5, 5.41) is 4.39. The summed E-state index contributed by atoms with van der Waals surface area (Å²) in [6.45, 7) is 3.19. The van der Waals surface area contributed by atoms with Gasteiger partial charge in [-0.3, -0.25) is 9.48 Å². The van der Waals surface area contributed by atoms with Gasteiger partial charge in [-0.1, -0.05) is 0 Å². The SMILES string of the molecule is Cc1nn(C)c(C)c1N(C(=O)c1cc2cc(OC(F)(F)F)ccc2[nH]1)S(C)(=O)=O. The number of aromatic nitrogens is 3. The van der Waals surface area contributed by atoms with Crippen LogP contribution in [0, 0.1) is 13.8 Å². The Morgan fingerprint density at radius 1 is 1.24 bits per heavy atom. The molecule has 0 spiro atoms. The molecule has 0 saturated heterocycles. The lowest BCUT2D eigenvalue weighted by atomic mass is 10.2. The number of anilines is 1. The number of H-pyrrole nitrogens is 1. The van der Waals surface area contributed by atoms with Crippen molar-refractivity contribution in [1.82, 2.24) is 14.8 Å². The number of rotatable bonds is 4. The van der Waals surface area contributed by atoms with Gasteiger partial charge in [0.15, 0.2) is 0 Å². The molecule has 8 nitrogen and oxygen atoms in total. The van der Waals surface area contributed by atoms with E-state index in [1.54, 1.807) is 20.9 Å². The quantitative estimate of drug-likeness (QED) is 0.686. The Morgan fingerprint density at radius 2 is 1.90 bits per heavy atom. The number of hydrogen-bond donors (Lipinski definition) is 1. The van der Waals surface area contributed by atoms with Crippen molar-refractivity contribution in [3.63, 3.8) is 0 Å². The van der Waals surface area contributed by atoms with Crippen molar-refractivity contribution in [2.24, 2.45) is 7.05 Å². The van der Waals surface area contributed by atoms with E-state index in [1.807, 2.05) is 0 Å². The Hall–Kier alpha value is -3.02. The van der Waals surface area contributed by atoms with Gasteiger partial charge in [0.1, 0.15) is 17.1 Å². The molecule has 156 valence electrons. The van der Waals surface area contributed by atoms with Crippen molar-refractivity contribution in [3.8, 4) is 5.75 Å². The number of nitrogens with zero attached hydrogens (tertiary/aromatic N) is 3. The number of fused-ring (bicyclic) bond motifs is 1. The molecule has 2 aromatic heterocycles. The number of benzene rings is 1. The highest BCUT2D eigenvalue weighted by atomic mass is 32.2. The zero-order valence-corrected chi connectivity index (χ0v) is 16.6. The van der Waals surface area contributed by atoms with Gasteiger partial charge in [-0.25, -0.2) is 8.42 Å². The molecule has 0 aliphatic heterocycles. The second-order valence-corrected chi connectivity index (χ2v) is 8.29. The first-order valence-electron chi connectivity index (χ1n) is 8.21. The normalized spacial score (nSPS) is 12.4. The van der Waals surface area contributed by atoms with Gasteiger partial charge < -0.3 is 9.72 Å². The number of ether oxygens (including phenoxy) is 1. The molecule has 0 saturated carbocycles. The van der Waals surface area contributed by atoms with Gasteiger partial charge in [0.05, 0.1) is 17.6 Å². The zero-order valence-electron chi connectivity index (χ0n) is 15.8. The maximum Gasteiger partial charge on any atom is 0.573 e. The van der Waals surface area contributed by atoms with Gasteiger partial charge in [-0.2, -0.15) is 9.40 Å². The predicted octanol–water partition coefficient (Wildman–Crippen LogP) is 3.02. The van der Waals surface area contributed by atoms with E-state index >= 15 is 0 Å². The maximum atomic E-state index is 13.1. The van der Waals surface area contributed by atoms with Crippen molar-refractivity contribution in [3.05, 3.63) is 41.3 Å². The minimum atomic E-state index is -4.86. The first-order chi connectivity index (χ1) is 13.3. The molecule has 0 radical (unpaired) electrons. The summed E-state index contributed by atoms with van der Waals surface area (Å²) in [5.41, 5.74) is 1.15. The molecule has 0 aliphatic rings. The monoisotopic (exact) mass is 430 g/mol. The third-order valence-electron chi connectivity index (χ3n) is 4.25. The van der Waals surface area contributed by atoms with E-state index < -0.39 is 28.0 Å². The molecule has 1 aromatic carbocycles. The number of alkyl halides is 3. The molecule has 3 aromatic rings. The largest absolute Gasteiger partial charge is 0.573 e. The fourth-order valence-corrected chi connectivity index (χ4v) is 4.00. The molecule has 0 bridgehead atoms. The standard InChI is InChI=1S/C17H17F3N4O4S/c1-9-15(10(2)23(3)22-9)24(29(4,26)27)16(25)14-8-11-7-12(28-17(18,19)20)5-6-13(11)21-14/h5-8,21H,1-4H3. The summed E-state index contributed by atoms with van der Waals surface area (Å²) in [4.78, 5) is 15.8. The summed E-state index contributed by atoms with van der Waals surface area (Å²) in [5.74, 6) is -1.34. The van der Waals surface area contributed by atoms with Crippen molar-refractivity contribution in [1.29, 1.82) is 0 Å². The minimum Gasteiger partial charge on any atom is -0.406 e. The van der Waals surface area contributed by atoms with Crippen molar-refractivity contribution >= 4 is 32.5 Å². The first-order valence-corrected chi connectivity index (χ1v) is 10.1. The molecule has 0 aliphatic carbocycles. The Bertz CT molecular complexity index is 1210. The molecule has 3 rings (SSSR count). The Balaban J connectivity index is 2.08. The number of sulfonamides is 1. The Labute approximate surface area is 163 Å². The maximum absolute atomic E-state index is 13.1. The number of hydrogen-bond acceptors (Lipinski definition) is 5. The van der Waals surface area contributed by atoms with Crippen molar-refractivity contribution < 1.29 is 31.1 Å². The highest BCUT2D eigenvalue weighted by molar-refractivity contribution is 7.92. The van der Waals surface area contributed by atoms with E-state index in [9.17, 15) is 26.4 Å². The van der Waals surface area contributed by atoms with Gasteiger partial charge in [0, 0.05) is 18.0 Å². The van der Waals surface area contributed by atoms with Gasteiger partial charge in [-0.05, 0) is 38.1 Å². The zero-order chi connectivity index (χ0) is 21.7. The highest BCUT2D eigenvalue weighted by Crippen LogP contribution is 2.30. The fraction of sp³-hybridized carbons (Fsp3) is 0.294. The lowest BCUT2D eigenvalue weighted by molar-refractivity contribution is -0.274. The Kier molecular flexibility index (Phi) is 4.85. The summed E-state index contributed by atoms with van der Waals surface area (Å²) in [7, 11) is -2.42. The van der Waals surface area contributed by atoms with Crippen LogP contribution < -0.4 is 9.04 Å². The van der Waals surface area contributed by atoms with Crippen LogP contribution in [0.5, 0.6) is 5.75 Å². The number of aryl methyl sites for hydroxylation is 2. The van der Waals surface area contributed by atoms with Crippen LogP contribution in [0.25, 0.3) is 10.9 Å². The smallest absolute Gasteiger partial charge is 0.406 e. The average Bonchev–Trinajstić information content (AvgIpc) is 3.08. The summed E-state index contributed by atoms with van der Waals surface area (Å²) >= 11 is 0. The van der Waals surface area contributed by atoms with E-state index in [0.717, 1.165) is 18.4 Å². The second kappa shape index (κ2) is 6.79. The van der Waals surface area contributed by atoms with Crippen LogP contribution in [-0.4, -0.2) is 41.7 Å². The minimum absolute atomic E-state index is 0.114. The van der Waals surface area contributed by atoms with E-state index in [2.05, 4.69) is 14.8 Å². The molecule has 2 heterocycles. The van der Waals surface area contributed by atoms with Crippen LogP contribution in [0.4, 0.5) is 18.9 Å². The first kappa shape index (κ1) is 20.7. The van der Waals surface area contributed by atoms with Crippen LogP contribution in [0.3, 0.4) is 0 Å². The third-order valence-corrected chi connectivity index (χ3v) is 5.26. The number of amides is 1. The van der Waals surface area contributed by atoms with E-state index in [4.69, 9.17) is 0 Å². The highest BCUT2D eigenvalue weighted by Gasteiger charge is 2.33. The molecule has 0 fully saturated rings. The Morgan fingerprint density at radius 3 is 2.41 bits per heavy atom. The molecule has 12 heteroatoms. The van der Waals surface area contributed by atoms with Crippen LogP contribution in [-0.2, 0) is 17.1 Å². The van der Waals surface area contributed by atoms with Gasteiger partial charge in [0.2, 0.25) is 10.0 Å². The molecular formula is C17H17F3N4O4S. The molecule has 0 unspecified atom stereocenters. The average molecular weight is 430 g/mol. The summed E-state index contributed by atoms with van der Waals surface area (Å²) < 4.78 is 68.0. The van der Waals surface area contributed by atoms with Gasteiger partial charge >= 0.3 is 6.36 Å². The topological polar surface area (TPSA) is 97.3 Å². The van der Waals surface area contributed by atoms with Crippen LogP contribution in [0.15, 0.2) is 24.3 Å². The second-order valence-electron chi connectivity index (χ2n) is 6.46. The summed E-state index contributed by atoms with van der Waals surface area (Å²) in [6, 6.07) is 4.75. The summed E-state index contributed by atoms with van der Waals surface area (Å²) in [6.07, 6.45) is -3.97. The lowest BCUT2D eigenvalue weighted by Gasteiger charge is -2.20. The van der Waals surface area contributed by atoms with Crippen LogP contribution in [0.2, 0.25) is 0 Å². The molecule has 0 atom stereocenters. The van der Waals surface area contributed by atoms with E-state index in [1.165, 1.54) is 16.8 Å². The van der Waals surface area contributed by atoms with Crippen molar-refractivity contribution in [2.75, 3.05) is 10.6 Å². The number of aromatic amines is 1. The van der Waals surface area contributed by atoms with Crippen LogP contribution >= 0.6 is 0 Å². The van der Waals surface area contributed by atoms with E-state index in [-0.39, 0.29) is 16.8 Å². The van der Waals surface area contributed by atoms with Gasteiger partial charge in [0.25, 0.3) is 5.91 Å². The van der Waals surface area contributed by atoms with Crippen molar-refractivity contribution in [2.45, 2.75) is 20.2 Å². The molecule has 1 N–H and O–H groups in total. The molecule has 1 amide bonds. The lowest BCUT2D eigenvalue weighted by Crippen LogP contribution is -2.37. The van der Waals surface area contributed by atoms with E-state index in [0.29, 0.717) is 21.2 Å². The third kappa shape index (κ3) is 4.06. The number of carbonyl (C=O) groups is 1. The predicted molar refractivity (Wildman–Crippen MR) is 99.3 cm³/mol. The molecule has 29 heavy (non-hydrogen) atoms. The van der Waals surface area contributed by atoms with Crippen LogP contribution in [0.1, 0.15) is 21.9 Å².